The van der Waals surface area contributed by atoms with Crippen molar-refractivity contribution >= 4 is 0 Å². The van der Waals surface area contributed by atoms with Gasteiger partial charge >= 0.3 is 0 Å². The number of hydrogen-bond donors (Lipinski definition) is 3. The molecule has 0 atom stereocenters. The summed E-state index contributed by atoms with van der Waals surface area (Å²) < 4.78 is 0. The third-order valence-electron chi connectivity index (χ3n) is 4.38. The molecule has 3 nitrogen and oxygen atoms in total. The van der Waals surface area contributed by atoms with Crippen LogP contribution >= 0.6 is 0 Å². The predicted octanol–water partition coefficient (Wildman–Crippen LogP) is 5.70. The summed E-state index contributed by atoms with van der Waals surface area (Å²) in [5.41, 5.74) is 7.08. The highest BCUT2D eigenvalue weighted by Crippen LogP contribution is 2.34. The average molecular weight is 350 g/mol. The molecule has 3 rings (SSSR count). The molecule has 0 saturated carbocycles. The van der Waals surface area contributed by atoms with E-state index in [0.29, 0.717) is 17.2 Å². The third kappa shape index (κ3) is 4.57. The van der Waals surface area contributed by atoms with E-state index in [1.807, 2.05) is 58.9 Å². The number of hydrogen-bond acceptors (Lipinski definition) is 3. The molecular formula is C23H26O3. The van der Waals surface area contributed by atoms with Crippen molar-refractivity contribution < 1.29 is 15.3 Å². The van der Waals surface area contributed by atoms with Gasteiger partial charge in [0.25, 0.3) is 0 Å². The van der Waals surface area contributed by atoms with Crippen molar-refractivity contribution in [2.45, 2.75) is 34.6 Å². The molecule has 0 heterocycles. The van der Waals surface area contributed by atoms with E-state index < -0.39 is 0 Å². The number of rotatable bonds is 1. The predicted molar refractivity (Wildman–Crippen MR) is 107 cm³/mol. The third-order valence-corrected chi connectivity index (χ3v) is 4.38. The second-order valence-corrected chi connectivity index (χ2v) is 6.75. The Morgan fingerprint density at radius 1 is 0.538 bits per heavy atom. The number of aryl methyl sites for hydroxylation is 5. The van der Waals surface area contributed by atoms with Crippen LogP contribution < -0.4 is 0 Å². The first kappa shape index (κ1) is 19.4. The summed E-state index contributed by atoms with van der Waals surface area (Å²) in [6.07, 6.45) is 0. The fourth-order valence-electron chi connectivity index (χ4n) is 2.81. The smallest absolute Gasteiger partial charge is 0.118 e. The Hall–Kier alpha value is -2.94. The van der Waals surface area contributed by atoms with Gasteiger partial charge in [-0.1, -0.05) is 12.1 Å². The minimum absolute atomic E-state index is 0.324. The summed E-state index contributed by atoms with van der Waals surface area (Å²) in [6, 6.07) is 14.7. The molecule has 0 aliphatic heterocycles. The molecule has 0 fully saturated rings. The van der Waals surface area contributed by atoms with Crippen LogP contribution in [0.5, 0.6) is 17.2 Å². The molecule has 3 aromatic rings. The lowest BCUT2D eigenvalue weighted by atomic mass is 9.93. The molecule has 26 heavy (non-hydrogen) atoms. The van der Waals surface area contributed by atoms with Crippen molar-refractivity contribution in [2.24, 2.45) is 0 Å². The van der Waals surface area contributed by atoms with E-state index in [1.165, 1.54) is 0 Å². The summed E-state index contributed by atoms with van der Waals surface area (Å²) in [7, 11) is 0. The normalized spacial score (nSPS) is 10.2. The van der Waals surface area contributed by atoms with Crippen molar-refractivity contribution in [2.75, 3.05) is 0 Å². The Bertz CT molecular complexity index is 854. The Balaban J connectivity index is 0.000000254. The zero-order valence-corrected chi connectivity index (χ0v) is 16.0. The molecule has 0 radical (unpaired) electrons. The van der Waals surface area contributed by atoms with Gasteiger partial charge in [-0.25, -0.2) is 0 Å². The second kappa shape index (κ2) is 7.96. The minimum Gasteiger partial charge on any atom is -0.508 e. The first-order valence-electron chi connectivity index (χ1n) is 8.55. The zero-order valence-electron chi connectivity index (χ0n) is 16.0. The Morgan fingerprint density at radius 2 is 1.00 bits per heavy atom. The summed E-state index contributed by atoms with van der Waals surface area (Å²) >= 11 is 0. The Kier molecular flexibility index (Phi) is 5.93. The van der Waals surface area contributed by atoms with Gasteiger partial charge in [0.1, 0.15) is 17.2 Å². The first-order chi connectivity index (χ1) is 12.2. The van der Waals surface area contributed by atoms with Gasteiger partial charge in [0.05, 0.1) is 0 Å². The van der Waals surface area contributed by atoms with Crippen molar-refractivity contribution in [3.8, 4) is 28.4 Å². The van der Waals surface area contributed by atoms with Gasteiger partial charge in [-0.05, 0) is 110 Å². The van der Waals surface area contributed by atoms with Crippen molar-refractivity contribution in [1.29, 1.82) is 0 Å². The topological polar surface area (TPSA) is 60.7 Å². The molecule has 3 heteroatoms. The highest BCUT2D eigenvalue weighted by molar-refractivity contribution is 5.73. The van der Waals surface area contributed by atoms with Crippen LogP contribution in [0.25, 0.3) is 11.1 Å². The monoisotopic (exact) mass is 350 g/mol. The van der Waals surface area contributed by atoms with E-state index in [1.54, 1.807) is 24.3 Å². The largest absolute Gasteiger partial charge is 0.508 e. The van der Waals surface area contributed by atoms with Crippen molar-refractivity contribution in [1.82, 2.24) is 0 Å². The van der Waals surface area contributed by atoms with E-state index >= 15 is 0 Å². The van der Waals surface area contributed by atoms with E-state index in [2.05, 4.69) is 0 Å². The maximum absolute atomic E-state index is 9.70. The lowest BCUT2D eigenvalue weighted by Gasteiger charge is -2.13. The molecule has 0 saturated heterocycles. The van der Waals surface area contributed by atoms with Crippen molar-refractivity contribution in [3.05, 3.63) is 76.3 Å². The van der Waals surface area contributed by atoms with Gasteiger partial charge in [0.15, 0.2) is 0 Å². The summed E-state index contributed by atoms with van der Waals surface area (Å²) in [5, 5.41) is 28.2. The standard InChI is InChI=1S/C16H18O2.C7H8O/c1-9-7-15(17)11(3)5-13(9)14-6-12(4)16(18)8-10(14)2;1-6-3-2-4-7(8)5-6/h5-8,17-18H,1-4H3;2-5,8H,1H3. The highest BCUT2D eigenvalue weighted by atomic mass is 16.3. The first-order valence-corrected chi connectivity index (χ1v) is 8.55. The van der Waals surface area contributed by atoms with Crippen LogP contribution in [0, 0.1) is 34.6 Å². The van der Waals surface area contributed by atoms with Gasteiger partial charge in [-0.3, -0.25) is 0 Å². The minimum atomic E-state index is 0.324. The molecule has 0 bridgehead atoms. The SMILES string of the molecule is Cc1cc(-c2cc(C)c(O)cc2C)c(C)cc1O.Cc1cccc(O)c1. The molecule has 0 unspecified atom stereocenters. The molecule has 0 amide bonds. The molecule has 0 aliphatic carbocycles. The van der Waals surface area contributed by atoms with E-state index in [-0.39, 0.29) is 0 Å². The molecule has 0 spiro atoms. The summed E-state index contributed by atoms with van der Waals surface area (Å²) in [6.45, 7) is 9.69. The van der Waals surface area contributed by atoms with Gasteiger partial charge in [-0.15, -0.1) is 0 Å². The Morgan fingerprint density at radius 3 is 1.35 bits per heavy atom. The van der Waals surface area contributed by atoms with E-state index in [0.717, 1.165) is 38.9 Å². The lowest BCUT2D eigenvalue weighted by molar-refractivity contribution is 0.470. The van der Waals surface area contributed by atoms with Gasteiger partial charge in [0.2, 0.25) is 0 Å². The van der Waals surface area contributed by atoms with Crippen molar-refractivity contribution in [3.63, 3.8) is 0 Å². The van der Waals surface area contributed by atoms with Gasteiger partial charge < -0.3 is 15.3 Å². The quantitative estimate of drug-likeness (QED) is 0.527. The van der Waals surface area contributed by atoms with E-state index in [4.69, 9.17) is 5.11 Å². The number of phenolic OH excluding ortho intramolecular Hbond substituents is 3. The summed E-state index contributed by atoms with van der Waals surface area (Å²) in [4.78, 5) is 0. The van der Waals surface area contributed by atoms with Gasteiger partial charge in [0, 0.05) is 0 Å². The van der Waals surface area contributed by atoms with Crippen LogP contribution in [-0.2, 0) is 0 Å². The van der Waals surface area contributed by atoms with Crippen LogP contribution in [0.3, 0.4) is 0 Å². The zero-order chi connectivity index (χ0) is 19.4. The molecular weight excluding hydrogens is 324 g/mol. The molecule has 3 N–H and O–H groups in total. The second-order valence-electron chi connectivity index (χ2n) is 6.75. The number of aromatic hydroxyl groups is 3. The van der Waals surface area contributed by atoms with Crippen LogP contribution in [0.1, 0.15) is 27.8 Å². The summed E-state index contributed by atoms with van der Waals surface area (Å²) in [5.74, 6) is 0.985. The molecule has 3 aromatic carbocycles. The Labute approximate surface area is 155 Å². The van der Waals surface area contributed by atoms with Crippen LogP contribution in [0.4, 0.5) is 0 Å². The fraction of sp³-hybridized carbons (Fsp3) is 0.217. The number of phenols is 3. The average Bonchev–Trinajstić information content (AvgIpc) is 2.55. The van der Waals surface area contributed by atoms with E-state index in [9.17, 15) is 10.2 Å². The van der Waals surface area contributed by atoms with Crippen LogP contribution in [0.2, 0.25) is 0 Å². The lowest BCUT2D eigenvalue weighted by Crippen LogP contribution is -1.90. The fourth-order valence-corrected chi connectivity index (χ4v) is 2.81. The molecule has 0 aromatic heterocycles. The highest BCUT2D eigenvalue weighted by Gasteiger charge is 2.10. The maximum Gasteiger partial charge on any atom is 0.118 e. The van der Waals surface area contributed by atoms with Gasteiger partial charge in [-0.2, -0.15) is 0 Å². The number of benzene rings is 3. The van der Waals surface area contributed by atoms with Crippen LogP contribution in [-0.4, -0.2) is 15.3 Å². The molecule has 136 valence electrons. The molecule has 0 aliphatic rings. The maximum atomic E-state index is 9.70. The van der Waals surface area contributed by atoms with Crippen LogP contribution in [0.15, 0.2) is 48.5 Å².